The quantitative estimate of drug-likeness (QED) is 0.845. The van der Waals surface area contributed by atoms with Crippen LogP contribution >= 0.6 is 0 Å². The minimum atomic E-state index is -0.345. The van der Waals surface area contributed by atoms with Gasteiger partial charge in [0.25, 0.3) is 0 Å². The van der Waals surface area contributed by atoms with Crippen LogP contribution < -0.4 is 0 Å². The summed E-state index contributed by atoms with van der Waals surface area (Å²) in [7, 11) is 0. The molecule has 0 aliphatic carbocycles. The van der Waals surface area contributed by atoms with Crippen LogP contribution in [0.1, 0.15) is 32.6 Å². The maximum absolute atomic E-state index is 12.1. The maximum atomic E-state index is 12.1. The largest absolute Gasteiger partial charge is 0.341 e. The van der Waals surface area contributed by atoms with Gasteiger partial charge >= 0.3 is 0 Å². The summed E-state index contributed by atoms with van der Waals surface area (Å²) < 4.78 is 5.32. The number of rotatable bonds is 2. The van der Waals surface area contributed by atoms with Gasteiger partial charge in [0.15, 0.2) is 0 Å². The Labute approximate surface area is 123 Å². The van der Waals surface area contributed by atoms with Gasteiger partial charge < -0.3 is 9.42 Å². The van der Waals surface area contributed by atoms with Crippen LogP contribution in [0.4, 0.5) is 0 Å². The van der Waals surface area contributed by atoms with E-state index in [1.54, 1.807) is 12.4 Å². The zero-order chi connectivity index (χ0) is 15.0. The lowest BCUT2D eigenvalue weighted by atomic mass is 9.90. The van der Waals surface area contributed by atoms with Crippen LogP contribution in [0.3, 0.4) is 0 Å². The Hall–Kier alpha value is -2.24. The molecule has 2 aromatic heterocycles. The first kappa shape index (κ1) is 13.7. The van der Waals surface area contributed by atoms with Crippen molar-refractivity contribution in [1.29, 1.82) is 0 Å². The zero-order valence-corrected chi connectivity index (χ0v) is 12.4. The summed E-state index contributed by atoms with van der Waals surface area (Å²) in [5, 5.41) is 3.99. The van der Waals surface area contributed by atoms with Gasteiger partial charge in [0.1, 0.15) is 0 Å². The summed E-state index contributed by atoms with van der Waals surface area (Å²) in [6, 6.07) is 3.68. The molecule has 3 rings (SSSR count). The van der Waals surface area contributed by atoms with E-state index < -0.39 is 0 Å². The van der Waals surface area contributed by atoms with E-state index in [9.17, 15) is 4.79 Å². The molecule has 2 aromatic rings. The van der Waals surface area contributed by atoms with E-state index in [1.165, 1.54) is 0 Å². The molecule has 1 amide bonds. The van der Waals surface area contributed by atoms with Crippen molar-refractivity contribution in [3.05, 3.63) is 30.4 Å². The summed E-state index contributed by atoms with van der Waals surface area (Å²) in [6.45, 7) is 7.08. The highest BCUT2D eigenvalue weighted by Crippen LogP contribution is 2.30. The molecule has 1 aliphatic rings. The first-order chi connectivity index (χ1) is 9.95. The fraction of sp³-hybridized carbons (Fsp3) is 0.467. The fourth-order valence-corrected chi connectivity index (χ4v) is 2.29. The molecule has 6 heteroatoms. The molecular weight excluding hydrogens is 268 g/mol. The van der Waals surface area contributed by atoms with Crippen molar-refractivity contribution in [3.8, 4) is 11.4 Å². The number of carbonyl (C=O) groups is 1. The van der Waals surface area contributed by atoms with Crippen LogP contribution in [-0.4, -0.2) is 39.0 Å². The van der Waals surface area contributed by atoms with Gasteiger partial charge in [0.2, 0.25) is 17.6 Å². The second kappa shape index (κ2) is 4.95. The van der Waals surface area contributed by atoms with Gasteiger partial charge in [-0.2, -0.15) is 4.98 Å². The molecule has 0 bridgehead atoms. The Kier molecular flexibility index (Phi) is 3.23. The molecule has 110 valence electrons. The minimum Gasteiger partial charge on any atom is -0.341 e. The van der Waals surface area contributed by atoms with Crippen molar-refractivity contribution >= 4 is 5.91 Å². The van der Waals surface area contributed by atoms with Crippen molar-refractivity contribution in [3.63, 3.8) is 0 Å². The normalized spacial score (nSPS) is 15.9. The maximum Gasteiger partial charge on any atom is 0.233 e. The molecule has 6 nitrogen and oxygen atoms in total. The van der Waals surface area contributed by atoms with Crippen molar-refractivity contribution in [2.75, 3.05) is 13.1 Å². The first-order valence-electron chi connectivity index (χ1n) is 6.98. The number of likely N-dealkylation sites (tertiary alicyclic amines) is 1. The third-order valence-corrected chi connectivity index (χ3v) is 3.54. The summed E-state index contributed by atoms with van der Waals surface area (Å²) in [6.07, 6.45) is 3.39. The number of pyridine rings is 1. The van der Waals surface area contributed by atoms with Crippen molar-refractivity contribution in [2.45, 2.75) is 26.7 Å². The molecule has 1 aliphatic heterocycles. The number of carbonyl (C=O) groups excluding carboxylic acids is 1. The molecule has 0 atom stereocenters. The van der Waals surface area contributed by atoms with Crippen LogP contribution in [0.2, 0.25) is 0 Å². The van der Waals surface area contributed by atoms with E-state index in [0.29, 0.717) is 24.8 Å². The highest BCUT2D eigenvalue weighted by Gasteiger charge is 2.39. The molecule has 0 spiro atoms. The fourth-order valence-electron chi connectivity index (χ4n) is 2.29. The lowest BCUT2D eigenvalue weighted by Gasteiger charge is -2.40. The van der Waals surface area contributed by atoms with E-state index in [2.05, 4.69) is 15.1 Å². The van der Waals surface area contributed by atoms with Gasteiger partial charge in [-0.1, -0.05) is 25.9 Å². The topological polar surface area (TPSA) is 72.1 Å². The van der Waals surface area contributed by atoms with Gasteiger partial charge in [-0.25, -0.2) is 0 Å². The smallest absolute Gasteiger partial charge is 0.233 e. The number of nitrogens with zero attached hydrogens (tertiary/aromatic N) is 4. The highest BCUT2D eigenvalue weighted by molar-refractivity contribution is 5.82. The monoisotopic (exact) mass is 286 g/mol. The van der Waals surface area contributed by atoms with Gasteiger partial charge in [0.05, 0.1) is 5.92 Å². The van der Waals surface area contributed by atoms with E-state index in [4.69, 9.17) is 4.52 Å². The Morgan fingerprint density at radius 3 is 2.57 bits per heavy atom. The van der Waals surface area contributed by atoms with Crippen LogP contribution in [0.25, 0.3) is 11.4 Å². The molecule has 0 radical (unpaired) electrons. The molecule has 1 saturated heterocycles. The van der Waals surface area contributed by atoms with Crippen molar-refractivity contribution in [1.82, 2.24) is 20.0 Å². The Balaban J connectivity index is 1.66. The molecule has 3 heterocycles. The third-order valence-electron chi connectivity index (χ3n) is 3.54. The standard InChI is InChI=1S/C15H18N4O2/c1-15(2,3)14(20)19-8-11(9-19)13-17-12(18-21-13)10-4-6-16-7-5-10/h4-7,11H,8-9H2,1-3H3. The predicted octanol–water partition coefficient (Wildman–Crippen LogP) is 2.10. The second-order valence-electron chi connectivity index (χ2n) is 6.35. The van der Waals surface area contributed by atoms with Gasteiger partial charge in [-0.3, -0.25) is 9.78 Å². The summed E-state index contributed by atoms with van der Waals surface area (Å²) in [4.78, 5) is 22.3. The second-order valence-corrected chi connectivity index (χ2v) is 6.35. The highest BCUT2D eigenvalue weighted by atomic mass is 16.5. The molecular formula is C15H18N4O2. The van der Waals surface area contributed by atoms with Crippen molar-refractivity contribution < 1.29 is 9.32 Å². The Morgan fingerprint density at radius 2 is 1.95 bits per heavy atom. The molecule has 0 saturated carbocycles. The minimum absolute atomic E-state index is 0.138. The van der Waals surface area contributed by atoms with E-state index >= 15 is 0 Å². The van der Waals surface area contributed by atoms with Crippen LogP contribution in [0.15, 0.2) is 29.0 Å². The number of aromatic nitrogens is 3. The number of hydrogen-bond donors (Lipinski definition) is 0. The van der Waals surface area contributed by atoms with E-state index in [1.807, 2.05) is 37.8 Å². The van der Waals surface area contributed by atoms with Crippen LogP contribution in [0, 0.1) is 5.41 Å². The van der Waals surface area contributed by atoms with Gasteiger partial charge in [-0.15, -0.1) is 0 Å². The summed E-state index contributed by atoms with van der Waals surface area (Å²) in [5.74, 6) is 1.46. The van der Waals surface area contributed by atoms with E-state index in [0.717, 1.165) is 5.56 Å². The summed E-state index contributed by atoms with van der Waals surface area (Å²) in [5.41, 5.74) is 0.532. The number of amides is 1. The third kappa shape index (κ3) is 2.66. The van der Waals surface area contributed by atoms with Crippen LogP contribution in [-0.2, 0) is 4.79 Å². The van der Waals surface area contributed by atoms with Crippen LogP contribution in [0.5, 0.6) is 0 Å². The SMILES string of the molecule is CC(C)(C)C(=O)N1CC(c2nc(-c3ccncc3)no2)C1. The molecule has 21 heavy (non-hydrogen) atoms. The van der Waals surface area contributed by atoms with Crippen molar-refractivity contribution in [2.24, 2.45) is 5.41 Å². The molecule has 0 aromatic carbocycles. The predicted molar refractivity (Wildman–Crippen MR) is 76.3 cm³/mol. The molecule has 1 fully saturated rings. The lowest BCUT2D eigenvalue weighted by molar-refractivity contribution is -0.144. The summed E-state index contributed by atoms with van der Waals surface area (Å²) >= 11 is 0. The first-order valence-corrected chi connectivity index (χ1v) is 6.98. The van der Waals surface area contributed by atoms with Gasteiger partial charge in [-0.05, 0) is 12.1 Å². The Bertz CT molecular complexity index is 639. The lowest BCUT2D eigenvalue weighted by Crippen LogP contribution is -2.52. The van der Waals surface area contributed by atoms with E-state index in [-0.39, 0.29) is 17.2 Å². The average molecular weight is 286 g/mol. The van der Waals surface area contributed by atoms with Gasteiger partial charge in [0, 0.05) is 36.5 Å². The molecule has 0 N–H and O–H groups in total. The number of hydrogen-bond acceptors (Lipinski definition) is 5. The Morgan fingerprint density at radius 1 is 1.29 bits per heavy atom. The average Bonchev–Trinajstić information content (AvgIpc) is 2.86. The molecule has 0 unspecified atom stereocenters. The zero-order valence-electron chi connectivity index (χ0n) is 12.4.